The van der Waals surface area contributed by atoms with Gasteiger partial charge in [-0.1, -0.05) is 78.9 Å². The molecule has 0 fully saturated rings. The number of hydrogen-bond donors (Lipinski definition) is 0. The Labute approximate surface area is 232 Å². The molecule has 1 aliphatic rings. The third-order valence-electron chi connectivity index (χ3n) is 7.29. The van der Waals surface area contributed by atoms with Crippen molar-refractivity contribution in [1.29, 1.82) is 0 Å². The summed E-state index contributed by atoms with van der Waals surface area (Å²) in [6, 6.07) is 31.6. The average molecular weight is 531 g/mol. The monoisotopic (exact) mass is 530 g/mol. The molecular formula is C35H27FO4. The molecule has 1 unspecified atom stereocenters. The molecule has 5 heteroatoms. The maximum Gasteiger partial charge on any atom is 0.339 e. The number of rotatable bonds is 6. The highest BCUT2D eigenvalue weighted by atomic mass is 19.1. The molecule has 0 radical (unpaired) electrons. The number of carbonyl (C=O) groups excluding carboxylic acids is 1. The van der Waals surface area contributed by atoms with Gasteiger partial charge in [-0.2, -0.15) is 0 Å². The zero-order valence-corrected chi connectivity index (χ0v) is 22.2. The minimum Gasteiger partial charge on any atom is -0.497 e. The molecule has 0 bridgehead atoms. The summed E-state index contributed by atoms with van der Waals surface area (Å²) in [5, 5.41) is 1.72. The van der Waals surface area contributed by atoms with E-state index < -0.39 is 11.6 Å². The van der Waals surface area contributed by atoms with Gasteiger partial charge in [-0.15, -0.1) is 0 Å². The quantitative estimate of drug-likeness (QED) is 0.208. The lowest BCUT2D eigenvalue weighted by Crippen LogP contribution is -2.35. The van der Waals surface area contributed by atoms with Crippen molar-refractivity contribution in [2.24, 2.45) is 0 Å². The van der Waals surface area contributed by atoms with Crippen molar-refractivity contribution in [3.8, 4) is 22.6 Å². The molecule has 6 rings (SSSR count). The van der Waals surface area contributed by atoms with Gasteiger partial charge in [0.2, 0.25) is 0 Å². The maximum absolute atomic E-state index is 14.0. The van der Waals surface area contributed by atoms with Crippen molar-refractivity contribution >= 4 is 22.8 Å². The van der Waals surface area contributed by atoms with Crippen molar-refractivity contribution in [1.82, 2.24) is 0 Å². The van der Waals surface area contributed by atoms with Crippen LogP contribution < -0.4 is 9.47 Å². The van der Waals surface area contributed by atoms with E-state index in [0.29, 0.717) is 22.6 Å². The summed E-state index contributed by atoms with van der Waals surface area (Å²) in [5.74, 6) is 0.508. The summed E-state index contributed by atoms with van der Waals surface area (Å²) in [4.78, 5) is 13.6. The second-order valence-electron chi connectivity index (χ2n) is 9.53. The molecule has 5 aromatic carbocycles. The molecule has 0 aromatic heterocycles. The smallest absolute Gasteiger partial charge is 0.339 e. The van der Waals surface area contributed by atoms with Gasteiger partial charge in [0.25, 0.3) is 0 Å². The molecule has 1 heterocycles. The first-order chi connectivity index (χ1) is 19.6. The molecular weight excluding hydrogens is 503 g/mol. The van der Waals surface area contributed by atoms with Gasteiger partial charge in [0.1, 0.15) is 17.3 Å². The molecule has 0 saturated heterocycles. The van der Waals surface area contributed by atoms with Gasteiger partial charge in [-0.25, -0.2) is 9.18 Å². The Balaban J connectivity index is 1.67. The van der Waals surface area contributed by atoms with Crippen LogP contribution in [0.15, 0.2) is 109 Å². The highest BCUT2D eigenvalue weighted by Crippen LogP contribution is 2.49. The van der Waals surface area contributed by atoms with E-state index in [2.05, 4.69) is 0 Å². The molecule has 0 spiro atoms. The van der Waals surface area contributed by atoms with Gasteiger partial charge in [-0.3, -0.25) is 0 Å². The van der Waals surface area contributed by atoms with Crippen LogP contribution in [0.1, 0.15) is 34.0 Å². The Bertz CT molecular complexity index is 1720. The highest BCUT2D eigenvalue weighted by Gasteiger charge is 2.40. The van der Waals surface area contributed by atoms with Crippen molar-refractivity contribution in [3.05, 3.63) is 137 Å². The number of methoxy groups -OCH3 is 1. The number of hydrogen-bond acceptors (Lipinski definition) is 4. The van der Waals surface area contributed by atoms with Crippen LogP contribution in [-0.2, 0) is 10.3 Å². The summed E-state index contributed by atoms with van der Waals surface area (Å²) >= 11 is 0. The lowest BCUT2D eigenvalue weighted by molar-refractivity contribution is 0.0525. The van der Waals surface area contributed by atoms with E-state index in [4.69, 9.17) is 14.2 Å². The van der Waals surface area contributed by atoms with E-state index in [0.717, 1.165) is 33.0 Å². The SMILES string of the molecule is CCOC(=O)c1c2c(c3ccccc3c1-c1ccccc1)OC(c1ccc(F)cc1)(c1ccc(OC)cc1)C=C2. The molecule has 0 amide bonds. The van der Waals surface area contributed by atoms with Crippen molar-refractivity contribution in [2.75, 3.05) is 13.7 Å². The molecule has 4 nitrogen and oxygen atoms in total. The highest BCUT2D eigenvalue weighted by molar-refractivity contribution is 6.14. The van der Waals surface area contributed by atoms with Gasteiger partial charge >= 0.3 is 5.97 Å². The Hall–Kier alpha value is -4.90. The van der Waals surface area contributed by atoms with Crippen molar-refractivity contribution in [2.45, 2.75) is 12.5 Å². The lowest BCUT2D eigenvalue weighted by Gasteiger charge is -2.37. The topological polar surface area (TPSA) is 44.8 Å². The van der Waals surface area contributed by atoms with E-state index in [1.165, 1.54) is 12.1 Å². The van der Waals surface area contributed by atoms with E-state index in [-0.39, 0.29) is 12.4 Å². The number of ether oxygens (including phenoxy) is 3. The number of fused-ring (bicyclic) bond motifs is 3. The fraction of sp³-hybridized carbons (Fsp3) is 0.114. The fourth-order valence-electron chi connectivity index (χ4n) is 5.42. The number of esters is 1. The summed E-state index contributed by atoms with van der Waals surface area (Å²) in [7, 11) is 1.62. The molecule has 40 heavy (non-hydrogen) atoms. The van der Waals surface area contributed by atoms with Gasteiger partial charge in [0, 0.05) is 27.6 Å². The van der Waals surface area contributed by atoms with Gasteiger partial charge in [0.15, 0.2) is 5.60 Å². The zero-order chi connectivity index (χ0) is 27.7. The van der Waals surface area contributed by atoms with E-state index in [9.17, 15) is 9.18 Å². The molecule has 1 atom stereocenters. The summed E-state index contributed by atoms with van der Waals surface area (Å²) in [6.07, 6.45) is 3.86. The van der Waals surface area contributed by atoms with Crippen molar-refractivity contribution < 1.29 is 23.4 Å². The molecule has 1 aliphatic heterocycles. The summed E-state index contributed by atoms with van der Waals surface area (Å²) in [6.45, 7) is 2.04. The minimum absolute atomic E-state index is 0.241. The normalized spacial score (nSPS) is 15.8. The largest absolute Gasteiger partial charge is 0.497 e. The summed E-state index contributed by atoms with van der Waals surface area (Å²) in [5.41, 5.74) is 3.27. The number of halogens is 1. The Morgan fingerprint density at radius 2 is 1.45 bits per heavy atom. The minimum atomic E-state index is -1.09. The van der Waals surface area contributed by atoms with E-state index in [1.807, 2.05) is 91.0 Å². The Morgan fingerprint density at radius 3 is 2.10 bits per heavy atom. The van der Waals surface area contributed by atoms with Crippen LogP contribution in [0, 0.1) is 5.82 Å². The predicted molar refractivity (Wildman–Crippen MR) is 155 cm³/mol. The van der Waals surface area contributed by atoms with Crippen LogP contribution >= 0.6 is 0 Å². The Kier molecular flexibility index (Phi) is 6.56. The number of carbonyl (C=O) groups is 1. The van der Waals surface area contributed by atoms with Gasteiger partial charge < -0.3 is 14.2 Å². The molecule has 0 aliphatic carbocycles. The molecule has 198 valence electrons. The van der Waals surface area contributed by atoms with Crippen molar-refractivity contribution in [3.63, 3.8) is 0 Å². The predicted octanol–water partition coefficient (Wildman–Crippen LogP) is 8.18. The molecule has 0 N–H and O–H groups in total. The fourth-order valence-corrected chi connectivity index (χ4v) is 5.42. The first-order valence-corrected chi connectivity index (χ1v) is 13.2. The van der Waals surface area contributed by atoms with Crippen LogP contribution in [-0.4, -0.2) is 19.7 Å². The third-order valence-corrected chi connectivity index (χ3v) is 7.29. The third kappa shape index (κ3) is 4.20. The molecule has 5 aromatic rings. The Morgan fingerprint density at radius 1 is 0.825 bits per heavy atom. The lowest BCUT2D eigenvalue weighted by atomic mass is 9.81. The van der Waals surface area contributed by atoms with Crippen LogP contribution in [0.4, 0.5) is 4.39 Å². The van der Waals surface area contributed by atoms with Crippen LogP contribution in [0.25, 0.3) is 28.0 Å². The van der Waals surface area contributed by atoms with Gasteiger partial charge in [-0.05, 0) is 54.3 Å². The maximum atomic E-state index is 14.0. The summed E-state index contributed by atoms with van der Waals surface area (Å²) < 4.78 is 32.0. The second-order valence-corrected chi connectivity index (χ2v) is 9.53. The number of benzene rings is 5. The average Bonchev–Trinajstić information content (AvgIpc) is 3.01. The first-order valence-electron chi connectivity index (χ1n) is 13.2. The van der Waals surface area contributed by atoms with E-state index in [1.54, 1.807) is 26.2 Å². The standard InChI is InChI=1S/C35H27FO4/c1-3-39-34(37)32-30-21-22-35(24-13-17-26(36)18-14-24,25-15-19-27(38-2)20-16-25)40-33(30)29-12-8-7-11-28(29)31(32)23-9-5-4-6-10-23/h4-22H,3H2,1-2H3. The molecule has 0 saturated carbocycles. The van der Waals surface area contributed by atoms with Crippen LogP contribution in [0.3, 0.4) is 0 Å². The zero-order valence-electron chi connectivity index (χ0n) is 22.2. The van der Waals surface area contributed by atoms with Gasteiger partial charge in [0.05, 0.1) is 19.3 Å². The van der Waals surface area contributed by atoms with Crippen LogP contribution in [0.5, 0.6) is 11.5 Å². The van der Waals surface area contributed by atoms with E-state index >= 15 is 0 Å². The van der Waals surface area contributed by atoms with Crippen LogP contribution in [0.2, 0.25) is 0 Å². The first kappa shape index (κ1) is 25.4. The second kappa shape index (κ2) is 10.3.